The SMILES string of the molecule is COc1cc(-n2c(C)ccc2C)c2ncccc2c1SC. The summed E-state index contributed by atoms with van der Waals surface area (Å²) in [5.74, 6) is 0.894. The molecule has 0 aliphatic rings. The van der Waals surface area contributed by atoms with Crippen LogP contribution < -0.4 is 4.74 Å². The highest BCUT2D eigenvalue weighted by Crippen LogP contribution is 2.38. The largest absolute Gasteiger partial charge is 0.495 e. The number of hydrogen-bond acceptors (Lipinski definition) is 3. The predicted molar refractivity (Wildman–Crippen MR) is 88.9 cm³/mol. The van der Waals surface area contributed by atoms with Crippen LogP contribution in [0.25, 0.3) is 16.6 Å². The van der Waals surface area contributed by atoms with Crippen molar-refractivity contribution in [3.63, 3.8) is 0 Å². The molecule has 3 nitrogen and oxygen atoms in total. The number of aromatic nitrogens is 2. The zero-order chi connectivity index (χ0) is 15.0. The van der Waals surface area contributed by atoms with E-state index >= 15 is 0 Å². The first-order valence-corrected chi connectivity index (χ1v) is 8.05. The van der Waals surface area contributed by atoms with Gasteiger partial charge >= 0.3 is 0 Å². The van der Waals surface area contributed by atoms with Crippen molar-refractivity contribution in [3.8, 4) is 11.4 Å². The Morgan fingerprint density at radius 3 is 2.48 bits per heavy atom. The number of benzene rings is 1. The monoisotopic (exact) mass is 298 g/mol. The molecule has 0 N–H and O–H groups in total. The molecule has 0 saturated carbocycles. The minimum absolute atomic E-state index is 0.894. The molecule has 0 atom stereocenters. The number of rotatable bonds is 3. The van der Waals surface area contributed by atoms with Crippen LogP contribution in [0.4, 0.5) is 0 Å². The summed E-state index contributed by atoms with van der Waals surface area (Å²) >= 11 is 1.69. The topological polar surface area (TPSA) is 27.1 Å². The molecule has 0 saturated heterocycles. The van der Waals surface area contributed by atoms with E-state index in [2.05, 4.69) is 53.9 Å². The average Bonchev–Trinajstić information content (AvgIpc) is 2.84. The first-order chi connectivity index (χ1) is 10.2. The molecule has 0 bridgehead atoms. The van der Waals surface area contributed by atoms with Gasteiger partial charge in [-0.2, -0.15) is 0 Å². The summed E-state index contributed by atoms with van der Waals surface area (Å²) in [5, 5.41) is 1.13. The van der Waals surface area contributed by atoms with E-state index in [1.807, 2.05) is 12.3 Å². The number of fused-ring (bicyclic) bond motifs is 1. The maximum absolute atomic E-state index is 5.60. The lowest BCUT2D eigenvalue weighted by atomic mass is 10.1. The summed E-state index contributed by atoms with van der Waals surface area (Å²) in [6.45, 7) is 4.22. The van der Waals surface area contributed by atoms with E-state index in [1.54, 1.807) is 18.9 Å². The van der Waals surface area contributed by atoms with Crippen molar-refractivity contribution in [1.29, 1.82) is 0 Å². The van der Waals surface area contributed by atoms with Crippen LogP contribution in [0.3, 0.4) is 0 Å². The molecule has 2 heterocycles. The molecule has 108 valence electrons. The standard InChI is InChI=1S/C17H18N2OS/c1-11-7-8-12(2)19(11)14-10-15(20-3)17(21-4)13-6-5-9-18-16(13)14/h5-10H,1-4H3. The lowest BCUT2D eigenvalue weighted by Gasteiger charge is -2.16. The van der Waals surface area contributed by atoms with Crippen LogP contribution in [0.5, 0.6) is 5.75 Å². The third kappa shape index (κ3) is 2.20. The van der Waals surface area contributed by atoms with Crippen molar-refractivity contribution >= 4 is 22.7 Å². The van der Waals surface area contributed by atoms with E-state index in [1.165, 1.54) is 11.4 Å². The van der Waals surface area contributed by atoms with E-state index in [4.69, 9.17) is 4.74 Å². The molecule has 21 heavy (non-hydrogen) atoms. The second-order valence-electron chi connectivity index (χ2n) is 4.98. The van der Waals surface area contributed by atoms with Crippen LogP contribution in [-0.2, 0) is 0 Å². The van der Waals surface area contributed by atoms with Crippen molar-refractivity contribution in [3.05, 3.63) is 47.9 Å². The Kier molecular flexibility index (Phi) is 3.64. The van der Waals surface area contributed by atoms with E-state index in [0.717, 1.165) is 27.2 Å². The molecule has 0 unspecified atom stereocenters. The summed E-state index contributed by atoms with van der Waals surface area (Å²) in [4.78, 5) is 5.74. The van der Waals surface area contributed by atoms with Crippen LogP contribution in [0.2, 0.25) is 0 Å². The predicted octanol–water partition coefficient (Wildman–Crippen LogP) is 4.37. The Balaban J connectivity index is 2.44. The summed E-state index contributed by atoms with van der Waals surface area (Å²) in [5.41, 5.74) is 4.46. The van der Waals surface area contributed by atoms with E-state index in [-0.39, 0.29) is 0 Å². The summed E-state index contributed by atoms with van der Waals surface area (Å²) in [7, 11) is 1.72. The van der Waals surface area contributed by atoms with Gasteiger partial charge in [0, 0.05) is 29.0 Å². The molecule has 2 aromatic heterocycles. The summed E-state index contributed by atoms with van der Waals surface area (Å²) in [6.07, 6.45) is 3.91. The Labute approximate surface area is 129 Å². The number of pyridine rings is 1. The minimum Gasteiger partial charge on any atom is -0.495 e. The zero-order valence-electron chi connectivity index (χ0n) is 12.7. The minimum atomic E-state index is 0.894. The molecule has 0 amide bonds. The Hall–Kier alpha value is -1.94. The second kappa shape index (κ2) is 5.45. The zero-order valence-corrected chi connectivity index (χ0v) is 13.5. The number of hydrogen-bond donors (Lipinski definition) is 0. The third-order valence-corrected chi connectivity index (χ3v) is 4.55. The molecule has 4 heteroatoms. The number of ether oxygens (including phenoxy) is 1. The lowest BCUT2D eigenvalue weighted by molar-refractivity contribution is 0.406. The summed E-state index contributed by atoms with van der Waals surface area (Å²) in [6, 6.07) is 10.4. The Morgan fingerprint density at radius 2 is 1.86 bits per heavy atom. The quantitative estimate of drug-likeness (QED) is 0.672. The molecule has 3 aromatic rings. The van der Waals surface area contributed by atoms with Gasteiger partial charge in [0.25, 0.3) is 0 Å². The van der Waals surface area contributed by atoms with Gasteiger partial charge in [-0.1, -0.05) is 0 Å². The Morgan fingerprint density at radius 1 is 1.14 bits per heavy atom. The van der Waals surface area contributed by atoms with Crippen LogP contribution in [-0.4, -0.2) is 22.9 Å². The van der Waals surface area contributed by atoms with E-state index in [0.29, 0.717) is 0 Å². The lowest BCUT2D eigenvalue weighted by Crippen LogP contribution is -2.02. The highest BCUT2D eigenvalue weighted by atomic mass is 32.2. The number of nitrogens with zero attached hydrogens (tertiary/aromatic N) is 2. The van der Waals surface area contributed by atoms with Crippen LogP contribution in [0, 0.1) is 13.8 Å². The molecule has 0 aliphatic heterocycles. The summed E-state index contributed by atoms with van der Waals surface area (Å²) < 4.78 is 7.83. The number of thioether (sulfide) groups is 1. The van der Waals surface area contributed by atoms with Gasteiger partial charge in [0.05, 0.1) is 23.2 Å². The van der Waals surface area contributed by atoms with Crippen molar-refractivity contribution < 1.29 is 4.74 Å². The molecular formula is C17H18N2OS. The fourth-order valence-corrected chi connectivity index (χ4v) is 3.49. The van der Waals surface area contributed by atoms with Gasteiger partial charge in [-0.3, -0.25) is 4.98 Å². The third-order valence-electron chi connectivity index (χ3n) is 3.72. The van der Waals surface area contributed by atoms with Crippen LogP contribution >= 0.6 is 11.8 Å². The highest BCUT2D eigenvalue weighted by Gasteiger charge is 2.16. The van der Waals surface area contributed by atoms with Gasteiger partial charge in [-0.05, 0) is 44.4 Å². The second-order valence-corrected chi connectivity index (χ2v) is 5.80. The molecule has 1 aromatic carbocycles. The van der Waals surface area contributed by atoms with E-state index in [9.17, 15) is 0 Å². The molecular weight excluding hydrogens is 280 g/mol. The van der Waals surface area contributed by atoms with Crippen molar-refractivity contribution in [1.82, 2.24) is 9.55 Å². The van der Waals surface area contributed by atoms with Gasteiger partial charge in [0.2, 0.25) is 0 Å². The van der Waals surface area contributed by atoms with Gasteiger partial charge in [-0.15, -0.1) is 11.8 Å². The van der Waals surface area contributed by atoms with Crippen LogP contribution in [0.15, 0.2) is 41.4 Å². The normalized spacial score (nSPS) is 11.0. The van der Waals surface area contributed by atoms with E-state index < -0.39 is 0 Å². The fourth-order valence-electron chi connectivity index (χ4n) is 2.76. The Bertz CT molecular complexity index is 788. The smallest absolute Gasteiger partial charge is 0.135 e. The van der Waals surface area contributed by atoms with Gasteiger partial charge in [0.1, 0.15) is 5.75 Å². The molecule has 3 rings (SSSR count). The van der Waals surface area contributed by atoms with Crippen molar-refractivity contribution in [2.24, 2.45) is 0 Å². The molecule has 0 radical (unpaired) electrons. The first-order valence-electron chi connectivity index (χ1n) is 6.82. The van der Waals surface area contributed by atoms with Gasteiger partial charge in [0.15, 0.2) is 0 Å². The number of aryl methyl sites for hydroxylation is 2. The fraction of sp³-hybridized carbons (Fsp3) is 0.235. The average molecular weight is 298 g/mol. The maximum Gasteiger partial charge on any atom is 0.135 e. The van der Waals surface area contributed by atoms with Gasteiger partial charge < -0.3 is 9.30 Å². The van der Waals surface area contributed by atoms with Crippen LogP contribution in [0.1, 0.15) is 11.4 Å². The first kappa shape index (κ1) is 14.0. The van der Waals surface area contributed by atoms with Crippen molar-refractivity contribution in [2.75, 3.05) is 13.4 Å². The number of methoxy groups -OCH3 is 1. The highest BCUT2D eigenvalue weighted by molar-refractivity contribution is 7.99. The van der Waals surface area contributed by atoms with Crippen molar-refractivity contribution in [2.45, 2.75) is 18.7 Å². The molecule has 0 spiro atoms. The van der Waals surface area contributed by atoms with Gasteiger partial charge in [-0.25, -0.2) is 0 Å². The maximum atomic E-state index is 5.60. The molecule has 0 aliphatic carbocycles. The molecule has 0 fully saturated rings.